The van der Waals surface area contributed by atoms with Crippen LogP contribution in [0.1, 0.15) is 52.9 Å². The van der Waals surface area contributed by atoms with Gasteiger partial charge in [0.25, 0.3) is 0 Å². The zero-order valence-corrected chi connectivity index (χ0v) is 16.0. The average Bonchev–Trinajstić information content (AvgIpc) is 2.49. The highest BCUT2D eigenvalue weighted by Crippen LogP contribution is 2.29. The number of hydrogen-bond donors (Lipinski definition) is 1. The van der Waals surface area contributed by atoms with Crippen LogP contribution in [0.5, 0.6) is 0 Å². The van der Waals surface area contributed by atoms with Gasteiger partial charge in [0.1, 0.15) is 0 Å². The second-order valence-corrected chi connectivity index (χ2v) is 8.28. The van der Waals surface area contributed by atoms with Crippen LogP contribution in [0.15, 0.2) is 0 Å². The van der Waals surface area contributed by atoms with E-state index in [1.807, 2.05) is 0 Å². The number of unbranched alkanes of at least 4 members (excludes halogenated alkanes) is 2. The predicted octanol–water partition coefficient (Wildman–Crippen LogP) is 2.13. The van der Waals surface area contributed by atoms with E-state index in [0.717, 1.165) is 51.9 Å². The van der Waals surface area contributed by atoms with Crippen LogP contribution < -0.4 is 0 Å². The van der Waals surface area contributed by atoms with Gasteiger partial charge in [-0.25, -0.2) is 0 Å². The lowest BCUT2D eigenvalue weighted by Gasteiger charge is -2.39. The minimum atomic E-state index is -0.0343. The number of ether oxygens (including phenoxy) is 2. The molecule has 142 valence electrons. The quantitative estimate of drug-likeness (QED) is 0.616. The maximum Gasteiger partial charge on any atom is 0.0631 e. The summed E-state index contributed by atoms with van der Waals surface area (Å²) in [6, 6.07) is 0. The van der Waals surface area contributed by atoms with Crippen molar-refractivity contribution < 1.29 is 14.6 Å². The fourth-order valence-corrected chi connectivity index (χ4v) is 3.46. The zero-order valence-electron chi connectivity index (χ0n) is 16.0. The molecule has 0 aromatic heterocycles. The van der Waals surface area contributed by atoms with Gasteiger partial charge in [-0.05, 0) is 59.4 Å². The Bertz CT molecular complexity index is 332. The van der Waals surface area contributed by atoms with Crippen LogP contribution in [0.4, 0.5) is 0 Å². The van der Waals surface area contributed by atoms with E-state index in [0.29, 0.717) is 18.8 Å². The normalized spacial score (nSPS) is 26.5. The highest BCUT2D eigenvalue weighted by atomic mass is 16.5. The van der Waals surface area contributed by atoms with E-state index in [-0.39, 0.29) is 5.60 Å². The molecule has 1 N–H and O–H groups in total. The molecule has 5 heteroatoms. The molecular weight excluding hydrogens is 304 g/mol. The number of rotatable bonds is 10. The minimum Gasteiger partial charge on any atom is -0.396 e. The van der Waals surface area contributed by atoms with Crippen molar-refractivity contribution in [2.24, 2.45) is 0 Å². The summed E-state index contributed by atoms with van der Waals surface area (Å²) in [5, 5.41) is 8.81. The molecule has 1 aliphatic heterocycles. The third kappa shape index (κ3) is 7.79. The van der Waals surface area contributed by atoms with E-state index in [2.05, 4.69) is 30.6 Å². The monoisotopic (exact) mass is 342 g/mol. The van der Waals surface area contributed by atoms with E-state index in [1.54, 1.807) is 0 Å². The molecule has 5 nitrogen and oxygen atoms in total. The van der Waals surface area contributed by atoms with Gasteiger partial charge in [-0.3, -0.25) is 4.90 Å². The van der Waals surface area contributed by atoms with Crippen molar-refractivity contribution in [2.45, 2.75) is 70.7 Å². The Morgan fingerprint density at radius 2 is 1.50 bits per heavy atom. The highest BCUT2D eigenvalue weighted by Gasteiger charge is 2.33. The molecule has 0 aromatic carbocycles. The van der Waals surface area contributed by atoms with Gasteiger partial charge in [0.15, 0.2) is 0 Å². The first-order chi connectivity index (χ1) is 11.5. The Morgan fingerprint density at radius 3 is 2.08 bits per heavy atom. The van der Waals surface area contributed by atoms with Crippen molar-refractivity contribution in [3.05, 3.63) is 0 Å². The van der Waals surface area contributed by atoms with Crippen LogP contribution in [-0.4, -0.2) is 85.2 Å². The first-order valence-corrected chi connectivity index (χ1v) is 9.81. The fraction of sp³-hybridized carbons (Fsp3) is 1.00. The largest absolute Gasteiger partial charge is 0.396 e. The van der Waals surface area contributed by atoms with Crippen LogP contribution in [-0.2, 0) is 9.47 Å². The predicted molar refractivity (Wildman–Crippen MR) is 97.4 cm³/mol. The molecule has 0 atom stereocenters. The van der Waals surface area contributed by atoms with Crippen molar-refractivity contribution in [2.75, 3.05) is 52.5 Å². The van der Waals surface area contributed by atoms with Crippen LogP contribution in [0, 0.1) is 0 Å². The van der Waals surface area contributed by atoms with Gasteiger partial charge in [0.05, 0.1) is 24.4 Å². The molecule has 0 spiro atoms. The third-order valence-electron chi connectivity index (χ3n) is 4.93. The number of nitrogens with zero attached hydrogens (tertiary/aromatic N) is 2. The molecule has 0 aromatic rings. The lowest BCUT2D eigenvalue weighted by atomic mass is 9.91. The summed E-state index contributed by atoms with van der Waals surface area (Å²) in [5.41, 5.74) is -0.0343. The van der Waals surface area contributed by atoms with Gasteiger partial charge in [0, 0.05) is 39.3 Å². The fourth-order valence-electron chi connectivity index (χ4n) is 3.46. The standard InChI is InChI=1S/C19H38N2O3/c1-19(2,3)24-18-15-17(16-18)23-14-12-21-10-8-20(9-11-21)7-5-4-6-13-22/h17-18,22H,4-16H2,1-3H3. The summed E-state index contributed by atoms with van der Waals surface area (Å²) < 4.78 is 11.9. The maximum absolute atomic E-state index is 8.81. The summed E-state index contributed by atoms with van der Waals surface area (Å²) in [6.07, 6.45) is 6.21. The van der Waals surface area contributed by atoms with E-state index >= 15 is 0 Å². The van der Waals surface area contributed by atoms with Crippen molar-refractivity contribution in [1.29, 1.82) is 0 Å². The first-order valence-electron chi connectivity index (χ1n) is 9.81. The van der Waals surface area contributed by atoms with Crippen molar-refractivity contribution >= 4 is 0 Å². The molecule has 0 bridgehead atoms. The number of aliphatic hydroxyl groups is 1. The Labute approximate surface area is 148 Å². The Hall–Kier alpha value is -0.200. The van der Waals surface area contributed by atoms with Gasteiger partial charge in [-0.1, -0.05) is 0 Å². The van der Waals surface area contributed by atoms with Crippen molar-refractivity contribution in [3.8, 4) is 0 Å². The van der Waals surface area contributed by atoms with Gasteiger partial charge >= 0.3 is 0 Å². The molecule has 2 rings (SSSR count). The number of piperazine rings is 1. The molecule has 24 heavy (non-hydrogen) atoms. The molecule has 0 amide bonds. The van der Waals surface area contributed by atoms with Crippen LogP contribution >= 0.6 is 0 Å². The molecule has 0 radical (unpaired) electrons. The molecule has 2 aliphatic rings. The van der Waals surface area contributed by atoms with Crippen LogP contribution in [0.25, 0.3) is 0 Å². The molecule has 1 saturated carbocycles. The molecule has 2 fully saturated rings. The molecular formula is C19H38N2O3. The lowest BCUT2D eigenvalue weighted by Crippen LogP contribution is -2.48. The summed E-state index contributed by atoms with van der Waals surface area (Å²) >= 11 is 0. The Morgan fingerprint density at radius 1 is 0.875 bits per heavy atom. The van der Waals surface area contributed by atoms with E-state index in [1.165, 1.54) is 26.1 Å². The van der Waals surface area contributed by atoms with Crippen LogP contribution in [0.2, 0.25) is 0 Å². The topological polar surface area (TPSA) is 45.2 Å². The maximum atomic E-state index is 8.81. The summed E-state index contributed by atoms with van der Waals surface area (Å²) in [4.78, 5) is 5.07. The smallest absolute Gasteiger partial charge is 0.0631 e. The highest BCUT2D eigenvalue weighted by molar-refractivity contribution is 4.83. The molecule has 1 saturated heterocycles. The summed E-state index contributed by atoms with van der Waals surface area (Å²) in [5.74, 6) is 0. The average molecular weight is 343 g/mol. The summed E-state index contributed by atoms with van der Waals surface area (Å²) in [7, 11) is 0. The van der Waals surface area contributed by atoms with E-state index < -0.39 is 0 Å². The van der Waals surface area contributed by atoms with Crippen molar-refractivity contribution in [1.82, 2.24) is 9.80 Å². The van der Waals surface area contributed by atoms with Gasteiger partial charge in [-0.15, -0.1) is 0 Å². The van der Waals surface area contributed by atoms with Gasteiger partial charge in [0.2, 0.25) is 0 Å². The second kappa shape index (κ2) is 10.1. The molecule has 1 aliphatic carbocycles. The van der Waals surface area contributed by atoms with E-state index in [4.69, 9.17) is 14.6 Å². The number of aliphatic hydroxyl groups excluding tert-OH is 1. The van der Waals surface area contributed by atoms with Gasteiger partial charge < -0.3 is 19.5 Å². The second-order valence-electron chi connectivity index (χ2n) is 8.28. The van der Waals surface area contributed by atoms with Crippen LogP contribution in [0.3, 0.4) is 0 Å². The zero-order chi connectivity index (χ0) is 17.4. The minimum absolute atomic E-state index is 0.0343. The number of hydrogen-bond acceptors (Lipinski definition) is 5. The SMILES string of the molecule is CC(C)(C)OC1CC(OCCN2CCN(CCCCCO)CC2)C1. The Balaban J connectivity index is 1.44. The summed E-state index contributed by atoms with van der Waals surface area (Å²) in [6.45, 7) is 14.4. The van der Waals surface area contributed by atoms with Gasteiger partial charge in [-0.2, -0.15) is 0 Å². The lowest BCUT2D eigenvalue weighted by molar-refractivity contribution is -0.149. The molecule has 0 unspecified atom stereocenters. The van der Waals surface area contributed by atoms with E-state index in [9.17, 15) is 0 Å². The Kier molecular flexibility index (Phi) is 8.44. The third-order valence-corrected chi connectivity index (χ3v) is 4.93. The van der Waals surface area contributed by atoms with Crippen molar-refractivity contribution in [3.63, 3.8) is 0 Å². The molecule has 1 heterocycles. The first kappa shape index (κ1) is 20.1.